The average molecular weight is 508 g/mol. The molecule has 3 fully saturated rings. The smallest absolute Gasteiger partial charge is 0.255 e. The molecule has 36 heavy (non-hydrogen) atoms. The van der Waals surface area contributed by atoms with Crippen LogP contribution in [0.15, 0.2) is 54.7 Å². The van der Waals surface area contributed by atoms with Crippen LogP contribution in [0.25, 0.3) is 0 Å². The molecule has 8 heteroatoms. The number of ether oxygens (including phenoxy) is 2. The fourth-order valence-corrected chi connectivity index (χ4v) is 6.06. The number of likely N-dealkylation sites (tertiary alicyclic amines) is 1. The van der Waals surface area contributed by atoms with Crippen molar-refractivity contribution in [3.05, 3.63) is 70.9 Å². The predicted octanol–water partition coefficient (Wildman–Crippen LogP) is 4.15. The second kappa shape index (κ2) is 9.45. The highest BCUT2D eigenvalue weighted by Crippen LogP contribution is 2.35. The van der Waals surface area contributed by atoms with Gasteiger partial charge in [-0.15, -0.1) is 0 Å². The molecule has 1 saturated carbocycles. The lowest BCUT2D eigenvalue weighted by Crippen LogP contribution is -2.60. The van der Waals surface area contributed by atoms with Gasteiger partial charge in [0.1, 0.15) is 29.7 Å². The van der Waals surface area contributed by atoms with E-state index < -0.39 is 6.04 Å². The number of carbonyl (C=O) groups excluding carboxylic acids is 2. The molecule has 0 radical (unpaired) electrons. The highest BCUT2D eigenvalue weighted by Gasteiger charge is 2.42. The van der Waals surface area contributed by atoms with Crippen molar-refractivity contribution in [3.63, 3.8) is 0 Å². The molecule has 1 aliphatic carbocycles. The Kier molecular flexibility index (Phi) is 6.13. The maximum atomic E-state index is 13.0. The summed E-state index contributed by atoms with van der Waals surface area (Å²) in [6.45, 7) is 5.98. The van der Waals surface area contributed by atoms with Crippen LogP contribution in [0, 0.1) is 0 Å². The van der Waals surface area contributed by atoms with Crippen molar-refractivity contribution in [2.75, 3.05) is 13.1 Å². The summed E-state index contributed by atoms with van der Waals surface area (Å²) in [6, 6.07) is 13.2. The molecule has 2 aromatic carbocycles. The minimum Gasteiger partial charge on any atom is -0.489 e. The van der Waals surface area contributed by atoms with E-state index in [0.717, 1.165) is 49.4 Å². The summed E-state index contributed by atoms with van der Waals surface area (Å²) in [5.41, 5.74) is 2.29. The van der Waals surface area contributed by atoms with Gasteiger partial charge in [0.15, 0.2) is 0 Å². The van der Waals surface area contributed by atoms with Crippen molar-refractivity contribution in [1.29, 1.82) is 0 Å². The van der Waals surface area contributed by atoms with E-state index in [4.69, 9.17) is 21.1 Å². The quantitative estimate of drug-likeness (QED) is 0.636. The first-order valence-corrected chi connectivity index (χ1v) is 13.1. The highest BCUT2D eigenvalue weighted by atomic mass is 35.5. The molecule has 3 atom stereocenters. The number of hydrogen-bond acceptors (Lipinski definition) is 5. The van der Waals surface area contributed by atoms with Gasteiger partial charge in [0.25, 0.3) is 5.91 Å². The normalized spacial score (nSPS) is 26.5. The number of allylic oxidation sites excluding steroid dienone is 1. The van der Waals surface area contributed by atoms with Gasteiger partial charge in [0.2, 0.25) is 5.91 Å². The number of hydrogen-bond donors (Lipinski definition) is 1. The number of carbonyl (C=O) groups is 2. The molecular weight excluding hydrogens is 478 g/mol. The Hall–Kier alpha value is -3.03. The molecule has 3 heterocycles. The van der Waals surface area contributed by atoms with Gasteiger partial charge in [-0.3, -0.25) is 14.5 Å². The number of nitrogens with zero attached hydrogens (tertiary/aromatic N) is 2. The van der Waals surface area contributed by atoms with E-state index in [1.165, 1.54) is 0 Å². The van der Waals surface area contributed by atoms with Crippen LogP contribution < -0.4 is 14.8 Å². The Bertz CT molecular complexity index is 1210. The van der Waals surface area contributed by atoms with Crippen molar-refractivity contribution < 1.29 is 19.1 Å². The molecule has 7 nitrogen and oxygen atoms in total. The van der Waals surface area contributed by atoms with Gasteiger partial charge in [-0.05, 0) is 68.0 Å². The number of rotatable bonds is 6. The lowest BCUT2D eigenvalue weighted by Gasteiger charge is -2.44. The van der Waals surface area contributed by atoms with Gasteiger partial charge in [-0.25, -0.2) is 0 Å². The average Bonchev–Trinajstić information content (AvgIpc) is 3.41. The van der Waals surface area contributed by atoms with Gasteiger partial charge < -0.3 is 19.7 Å². The summed E-state index contributed by atoms with van der Waals surface area (Å²) >= 11 is 6.24. The standard InChI is InChI=1S/C28H30ClN3O4/c1-17-9-12-24(27(33)30-17)32-14-18-13-19(10-11-21(18)28(32)34)35-26-8-4-6-23(26)31-15-20(16-31)36-25-7-3-2-5-22(25)29/h2-3,5,7,10-11,13,20,23-24,26H,1,4,6,8-9,12,14-16H2,(H,30,33)/t23-,24?,26-/m1/s1. The summed E-state index contributed by atoms with van der Waals surface area (Å²) < 4.78 is 12.5. The molecule has 3 aliphatic heterocycles. The third kappa shape index (κ3) is 4.35. The monoisotopic (exact) mass is 507 g/mol. The first-order valence-electron chi connectivity index (χ1n) is 12.7. The number of para-hydroxylation sites is 1. The number of nitrogens with one attached hydrogen (secondary N) is 1. The Morgan fingerprint density at radius 1 is 1.03 bits per heavy atom. The number of fused-ring (bicyclic) bond motifs is 1. The lowest BCUT2D eigenvalue weighted by molar-refractivity contribution is -0.126. The molecule has 188 valence electrons. The maximum Gasteiger partial charge on any atom is 0.255 e. The van der Waals surface area contributed by atoms with E-state index in [1.807, 2.05) is 42.5 Å². The van der Waals surface area contributed by atoms with Crippen LogP contribution >= 0.6 is 11.6 Å². The van der Waals surface area contributed by atoms with Crippen LogP contribution in [-0.4, -0.2) is 59.0 Å². The zero-order chi connectivity index (χ0) is 24.8. The van der Waals surface area contributed by atoms with E-state index >= 15 is 0 Å². The summed E-state index contributed by atoms with van der Waals surface area (Å²) in [4.78, 5) is 29.6. The summed E-state index contributed by atoms with van der Waals surface area (Å²) in [5, 5.41) is 3.43. The van der Waals surface area contributed by atoms with Crippen LogP contribution in [0.1, 0.15) is 48.0 Å². The summed E-state index contributed by atoms with van der Waals surface area (Å²) in [6.07, 6.45) is 4.77. The third-order valence-corrected chi connectivity index (χ3v) is 8.10. The minimum atomic E-state index is -0.452. The number of halogens is 1. The zero-order valence-corrected chi connectivity index (χ0v) is 20.9. The minimum absolute atomic E-state index is 0.0897. The maximum absolute atomic E-state index is 13.0. The van der Waals surface area contributed by atoms with Crippen LogP contribution in [0.4, 0.5) is 0 Å². The third-order valence-electron chi connectivity index (χ3n) is 7.79. The SMILES string of the molecule is C=C1CCC(N2Cc3cc(O[C@@H]4CCC[C@H]4N4CC(Oc5ccccc5Cl)C4)ccc3C2=O)C(=O)N1. The van der Waals surface area contributed by atoms with E-state index in [-0.39, 0.29) is 24.0 Å². The highest BCUT2D eigenvalue weighted by molar-refractivity contribution is 6.32. The molecule has 2 saturated heterocycles. The number of amides is 2. The molecule has 1 N–H and O–H groups in total. The Morgan fingerprint density at radius 2 is 1.86 bits per heavy atom. The Labute approximate surface area is 216 Å². The zero-order valence-electron chi connectivity index (χ0n) is 20.1. The molecule has 2 amide bonds. The lowest BCUT2D eigenvalue weighted by atomic mass is 10.0. The topological polar surface area (TPSA) is 71.1 Å². The van der Waals surface area contributed by atoms with Gasteiger partial charge in [0, 0.05) is 36.9 Å². The second-order valence-corrected chi connectivity index (χ2v) is 10.6. The van der Waals surface area contributed by atoms with Crippen LogP contribution in [-0.2, 0) is 11.3 Å². The van der Waals surface area contributed by atoms with E-state index in [9.17, 15) is 9.59 Å². The molecule has 0 bridgehead atoms. The predicted molar refractivity (Wildman–Crippen MR) is 136 cm³/mol. The largest absolute Gasteiger partial charge is 0.489 e. The van der Waals surface area contributed by atoms with Gasteiger partial charge in [-0.2, -0.15) is 0 Å². The van der Waals surface area contributed by atoms with Crippen molar-refractivity contribution in [2.24, 2.45) is 0 Å². The van der Waals surface area contributed by atoms with Crippen LogP contribution in [0.3, 0.4) is 0 Å². The number of piperidine rings is 1. The van der Waals surface area contributed by atoms with Gasteiger partial charge in [-0.1, -0.05) is 30.3 Å². The van der Waals surface area contributed by atoms with Gasteiger partial charge in [0.05, 0.1) is 5.02 Å². The first-order chi connectivity index (χ1) is 17.5. The first kappa shape index (κ1) is 23.4. The fourth-order valence-electron chi connectivity index (χ4n) is 5.88. The van der Waals surface area contributed by atoms with Crippen LogP contribution in [0.5, 0.6) is 11.5 Å². The van der Waals surface area contributed by atoms with Crippen molar-refractivity contribution >= 4 is 23.4 Å². The van der Waals surface area contributed by atoms with Crippen molar-refractivity contribution in [3.8, 4) is 11.5 Å². The molecule has 0 spiro atoms. The Balaban J connectivity index is 1.07. The molecule has 6 rings (SSSR count). The van der Waals surface area contributed by atoms with E-state index in [2.05, 4.69) is 16.8 Å². The molecule has 2 aromatic rings. The van der Waals surface area contributed by atoms with Crippen molar-refractivity contribution in [2.45, 2.75) is 62.9 Å². The summed E-state index contributed by atoms with van der Waals surface area (Å²) in [7, 11) is 0. The molecule has 0 aromatic heterocycles. The second-order valence-electron chi connectivity index (χ2n) is 10.2. The van der Waals surface area contributed by atoms with Crippen molar-refractivity contribution in [1.82, 2.24) is 15.1 Å². The van der Waals surface area contributed by atoms with Gasteiger partial charge >= 0.3 is 0 Å². The molecule has 1 unspecified atom stereocenters. The van der Waals surface area contributed by atoms with Crippen LogP contribution in [0.2, 0.25) is 5.02 Å². The van der Waals surface area contributed by atoms with E-state index in [1.54, 1.807) is 4.90 Å². The Morgan fingerprint density at radius 3 is 2.67 bits per heavy atom. The molecular formula is C28H30ClN3O4. The van der Waals surface area contributed by atoms with E-state index in [0.29, 0.717) is 41.7 Å². The summed E-state index contributed by atoms with van der Waals surface area (Å²) in [5.74, 6) is 1.28. The number of benzene rings is 2. The molecule has 4 aliphatic rings. The fraction of sp³-hybridized carbons (Fsp3) is 0.429.